The molecule has 0 radical (unpaired) electrons. The Morgan fingerprint density at radius 2 is 1.85 bits per heavy atom. The second-order valence-corrected chi connectivity index (χ2v) is 6.44. The number of carbonyl (C=O) groups excluding carboxylic acids is 1. The summed E-state index contributed by atoms with van der Waals surface area (Å²) in [5.41, 5.74) is 3.25. The van der Waals surface area contributed by atoms with Crippen molar-refractivity contribution in [3.63, 3.8) is 0 Å². The molecule has 3 aromatic carbocycles. The Bertz CT molecular complexity index is 1120. The average Bonchev–Trinajstić information content (AvgIpc) is 3.07. The molecule has 0 aliphatic heterocycles. The normalized spacial score (nSPS) is 10.9. The predicted octanol–water partition coefficient (Wildman–Crippen LogP) is 5.47. The zero-order chi connectivity index (χ0) is 18.8. The number of fused-ring (bicyclic) bond motifs is 1. The first-order valence-electron chi connectivity index (χ1n) is 8.28. The van der Waals surface area contributed by atoms with E-state index in [2.05, 4.69) is 10.3 Å². The van der Waals surface area contributed by atoms with Gasteiger partial charge in [-0.3, -0.25) is 4.79 Å². The lowest BCUT2D eigenvalue weighted by atomic mass is 10.1. The number of amides is 1. The van der Waals surface area contributed by atoms with Gasteiger partial charge in [-0.15, -0.1) is 0 Å². The van der Waals surface area contributed by atoms with Gasteiger partial charge in [0, 0.05) is 11.8 Å². The maximum absolute atomic E-state index is 12.9. The Hall–Kier alpha value is -3.18. The molecule has 0 aliphatic rings. The molecule has 6 heteroatoms. The van der Waals surface area contributed by atoms with E-state index in [0.717, 1.165) is 5.56 Å². The molecule has 0 spiro atoms. The van der Waals surface area contributed by atoms with Crippen molar-refractivity contribution in [1.29, 1.82) is 0 Å². The largest absolute Gasteiger partial charge is 0.436 e. The van der Waals surface area contributed by atoms with Gasteiger partial charge in [-0.05, 0) is 42.0 Å². The molecule has 1 N–H and O–H groups in total. The number of oxazole rings is 1. The lowest BCUT2D eigenvalue weighted by Gasteiger charge is -2.05. The summed E-state index contributed by atoms with van der Waals surface area (Å²) in [6.45, 7) is 0. The molecule has 0 bridgehead atoms. The SMILES string of the molecule is O=C(Cc1ccc(F)cc1)Nc1ccc2nc(-c3ccccc3Cl)oc2c1. The van der Waals surface area contributed by atoms with E-state index in [0.29, 0.717) is 33.3 Å². The number of anilines is 1. The number of halogens is 2. The van der Waals surface area contributed by atoms with Crippen LogP contribution in [0.3, 0.4) is 0 Å². The van der Waals surface area contributed by atoms with Gasteiger partial charge in [0.2, 0.25) is 11.8 Å². The van der Waals surface area contributed by atoms with E-state index in [4.69, 9.17) is 16.0 Å². The standard InChI is InChI=1S/C21H14ClFN2O2/c22-17-4-2-1-3-16(17)21-25-18-10-9-15(12-19(18)27-21)24-20(26)11-13-5-7-14(23)8-6-13/h1-10,12H,11H2,(H,24,26). The molecule has 4 nitrogen and oxygen atoms in total. The predicted molar refractivity (Wildman–Crippen MR) is 103 cm³/mol. The summed E-state index contributed by atoms with van der Waals surface area (Å²) in [6.07, 6.45) is 0.152. The van der Waals surface area contributed by atoms with Gasteiger partial charge in [0.15, 0.2) is 5.58 Å². The van der Waals surface area contributed by atoms with Crippen molar-refractivity contribution in [2.45, 2.75) is 6.42 Å². The molecule has 1 amide bonds. The first-order chi connectivity index (χ1) is 13.1. The number of nitrogens with one attached hydrogen (secondary N) is 1. The lowest BCUT2D eigenvalue weighted by Crippen LogP contribution is -2.14. The number of hydrogen-bond donors (Lipinski definition) is 1. The van der Waals surface area contributed by atoms with Crippen LogP contribution in [0.25, 0.3) is 22.6 Å². The molecule has 0 unspecified atom stereocenters. The maximum atomic E-state index is 12.9. The number of aromatic nitrogens is 1. The Kier molecular flexibility index (Phi) is 4.60. The van der Waals surface area contributed by atoms with Crippen LogP contribution in [0.5, 0.6) is 0 Å². The molecular formula is C21H14ClFN2O2. The van der Waals surface area contributed by atoms with Crippen molar-refractivity contribution in [3.8, 4) is 11.5 Å². The van der Waals surface area contributed by atoms with Gasteiger partial charge in [0.1, 0.15) is 11.3 Å². The van der Waals surface area contributed by atoms with Gasteiger partial charge in [0.25, 0.3) is 0 Å². The monoisotopic (exact) mass is 380 g/mol. The molecular weight excluding hydrogens is 367 g/mol. The quantitative estimate of drug-likeness (QED) is 0.511. The molecule has 0 fully saturated rings. The van der Waals surface area contributed by atoms with Crippen molar-refractivity contribution in [3.05, 3.63) is 83.1 Å². The summed E-state index contributed by atoms with van der Waals surface area (Å²) in [7, 11) is 0. The minimum Gasteiger partial charge on any atom is -0.436 e. The minimum atomic E-state index is -0.329. The summed E-state index contributed by atoms with van der Waals surface area (Å²) < 4.78 is 18.7. The van der Waals surface area contributed by atoms with E-state index in [1.54, 1.807) is 36.4 Å². The summed E-state index contributed by atoms with van der Waals surface area (Å²) >= 11 is 6.19. The molecule has 134 valence electrons. The highest BCUT2D eigenvalue weighted by Gasteiger charge is 2.12. The van der Waals surface area contributed by atoms with Crippen LogP contribution >= 0.6 is 11.6 Å². The molecule has 1 heterocycles. The van der Waals surface area contributed by atoms with E-state index in [1.165, 1.54) is 12.1 Å². The highest BCUT2D eigenvalue weighted by Crippen LogP contribution is 2.30. The Morgan fingerprint density at radius 3 is 2.63 bits per heavy atom. The number of benzene rings is 3. The van der Waals surface area contributed by atoms with Crippen LogP contribution in [0, 0.1) is 5.82 Å². The van der Waals surface area contributed by atoms with Gasteiger partial charge in [-0.1, -0.05) is 35.9 Å². The number of nitrogens with zero attached hydrogens (tertiary/aromatic N) is 1. The Labute approximate surface area is 159 Å². The van der Waals surface area contributed by atoms with Gasteiger partial charge in [0.05, 0.1) is 17.0 Å². The van der Waals surface area contributed by atoms with E-state index in [1.807, 2.05) is 18.2 Å². The molecule has 1 aromatic heterocycles. The van der Waals surface area contributed by atoms with E-state index < -0.39 is 0 Å². The molecule has 0 aliphatic carbocycles. The van der Waals surface area contributed by atoms with Crippen LogP contribution in [0.4, 0.5) is 10.1 Å². The van der Waals surface area contributed by atoms with Gasteiger partial charge < -0.3 is 9.73 Å². The van der Waals surface area contributed by atoms with Gasteiger partial charge in [-0.2, -0.15) is 0 Å². The summed E-state index contributed by atoms with van der Waals surface area (Å²) in [5.74, 6) is -0.110. The van der Waals surface area contributed by atoms with E-state index in [9.17, 15) is 9.18 Å². The first-order valence-corrected chi connectivity index (χ1v) is 8.66. The summed E-state index contributed by atoms with van der Waals surface area (Å²) in [4.78, 5) is 16.6. The molecule has 4 aromatic rings. The van der Waals surface area contributed by atoms with Crippen LogP contribution in [0.1, 0.15) is 5.56 Å². The van der Waals surface area contributed by atoms with Crippen LogP contribution in [0.2, 0.25) is 5.02 Å². The highest BCUT2D eigenvalue weighted by atomic mass is 35.5. The molecule has 0 saturated carbocycles. The second kappa shape index (κ2) is 7.21. The average molecular weight is 381 g/mol. The van der Waals surface area contributed by atoms with Crippen LogP contribution in [0.15, 0.2) is 71.1 Å². The van der Waals surface area contributed by atoms with Crippen molar-refractivity contribution in [2.75, 3.05) is 5.32 Å². The number of hydrogen-bond acceptors (Lipinski definition) is 3. The van der Waals surface area contributed by atoms with Gasteiger partial charge in [-0.25, -0.2) is 9.37 Å². The highest BCUT2D eigenvalue weighted by molar-refractivity contribution is 6.33. The molecule has 27 heavy (non-hydrogen) atoms. The zero-order valence-electron chi connectivity index (χ0n) is 14.1. The Morgan fingerprint density at radius 1 is 1.07 bits per heavy atom. The van der Waals surface area contributed by atoms with Gasteiger partial charge >= 0.3 is 0 Å². The van der Waals surface area contributed by atoms with Crippen molar-refractivity contribution in [1.82, 2.24) is 4.98 Å². The third kappa shape index (κ3) is 3.83. The van der Waals surface area contributed by atoms with Crippen LogP contribution in [-0.2, 0) is 11.2 Å². The van der Waals surface area contributed by atoms with Crippen LogP contribution < -0.4 is 5.32 Å². The van der Waals surface area contributed by atoms with Crippen molar-refractivity contribution >= 4 is 34.3 Å². The number of rotatable bonds is 4. The fraction of sp³-hybridized carbons (Fsp3) is 0.0476. The Balaban J connectivity index is 1.54. The topological polar surface area (TPSA) is 55.1 Å². The fourth-order valence-corrected chi connectivity index (χ4v) is 2.96. The molecule has 4 rings (SSSR count). The zero-order valence-corrected chi connectivity index (χ0v) is 14.8. The fourth-order valence-electron chi connectivity index (χ4n) is 2.75. The minimum absolute atomic E-state index is 0.152. The van der Waals surface area contributed by atoms with Crippen LogP contribution in [-0.4, -0.2) is 10.9 Å². The molecule has 0 saturated heterocycles. The van der Waals surface area contributed by atoms with E-state index in [-0.39, 0.29) is 18.1 Å². The third-order valence-corrected chi connectivity index (χ3v) is 4.38. The maximum Gasteiger partial charge on any atom is 0.228 e. The second-order valence-electron chi connectivity index (χ2n) is 6.03. The van der Waals surface area contributed by atoms with Crippen molar-refractivity contribution in [2.24, 2.45) is 0 Å². The summed E-state index contributed by atoms with van der Waals surface area (Å²) in [6, 6.07) is 18.4. The summed E-state index contributed by atoms with van der Waals surface area (Å²) in [5, 5.41) is 3.36. The smallest absolute Gasteiger partial charge is 0.228 e. The third-order valence-electron chi connectivity index (χ3n) is 4.05. The first kappa shape index (κ1) is 17.2. The van der Waals surface area contributed by atoms with Crippen molar-refractivity contribution < 1.29 is 13.6 Å². The van der Waals surface area contributed by atoms with E-state index >= 15 is 0 Å². The molecule has 0 atom stereocenters. The lowest BCUT2D eigenvalue weighted by molar-refractivity contribution is -0.115. The number of carbonyl (C=O) groups is 1.